The fourth-order valence-electron chi connectivity index (χ4n) is 1.72. The van der Waals surface area contributed by atoms with Gasteiger partial charge in [0.2, 0.25) is 0 Å². The molecule has 0 aliphatic rings. The van der Waals surface area contributed by atoms with Crippen LogP contribution in [0.4, 0.5) is 0 Å². The van der Waals surface area contributed by atoms with E-state index in [0.717, 1.165) is 6.07 Å². The number of hydrogen-bond acceptors (Lipinski definition) is 6. The molecule has 0 saturated carbocycles. The normalized spacial score (nSPS) is 10.2. The average molecular weight is 318 g/mol. The smallest absolute Gasteiger partial charge is 0.545 e. The monoisotopic (exact) mass is 318 g/mol. The van der Waals surface area contributed by atoms with Crippen LogP contribution in [0.5, 0.6) is 0 Å². The summed E-state index contributed by atoms with van der Waals surface area (Å²) in [4.78, 5) is 20.5. The number of carbonyl (C=O) groups excluding carboxylic acids is 2. The first kappa shape index (κ1) is 22.4. The van der Waals surface area contributed by atoms with Crippen molar-refractivity contribution in [2.75, 3.05) is 0 Å². The summed E-state index contributed by atoms with van der Waals surface area (Å²) in [6.45, 7) is 2.51. The van der Waals surface area contributed by atoms with Crippen LogP contribution in [0.25, 0.3) is 0 Å². The van der Waals surface area contributed by atoms with Gasteiger partial charge in [0.05, 0.1) is 11.9 Å². The van der Waals surface area contributed by atoms with Gasteiger partial charge >= 0.3 is 59.1 Å². The molecule has 0 atom stereocenters. The number of benzene rings is 1. The minimum atomic E-state index is -5.04. The minimum Gasteiger partial charge on any atom is -0.545 e. The van der Waals surface area contributed by atoms with Crippen molar-refractivity contribution in [1.82, 2.24) is 0 Å². The van der Waals surface area contributed by atoms with Gasteiger partial charge in [0.1, 0.15) is 4.90 Å². The molecule has 0 aromatic heterocycles. The van der Waals surface area contributed by atoms with Crippen LogP contribution in [-0.4, -0.2) is 24.9 Å². The summed E-state index contributed by atoms with van der Waals surface area (Å²) in [6, 6.07) is 1.16. The second-order valence-electron chi connectivity index (χ2n) is 3.64. The van der Waals surface area contributed by atoms with Crippen molar-refractivity contribution in [1.29, 1.82) is 0 Å². The van der Waals surface area contributed by atoms with Gasteiger partial charge in [-0.1, -0.05) is 6.07 Å². The summed E-state index contributed by atoms with van der Waals surface area (Å²) >= 11 is 0. The molecule has 98 valence electrons. The Kier molecular flexibility index (Phi) is 8.83. The third-order valence-corrected chi connectivity index (χ3v) is 3.27. The third kappa shape index (κ3) is 4.54. The molecule has 0 saturated heterocycles. The second kappa shape index (κ2) is 7.90. The molecule has 7 nitrogen and oxygen atoms in total. The van der Waals surface area contributed by atoms with Crippen molar-refractivity contribution in [3.63, 3.8) is 0 Å². The van der Waals surface area contributed by atoms with Crippen molar-refractivity contribution in [2.45, 2.75) is 18.7 Å². The molecule has 0 amide bonds. The molecule has 10 heteroatoms. The first-order valence-electron chi connectivity index (χ1n) is 4.61. The summed E-state index contributed by atoms with van der Waals surface area (Å²) in [5.41, 5.74) is -1.85. The van der Waals surface area contributed by atoms with Gasteiger partial charge in [0, 0.05) is 11.1 Å². The molecule has 0 unspecified atom stereocenters. The largest absolute Gasteiger partial charge is 1.00 e. The maximum atomic E-state index is 11.2. The zero-order valence-electron chi connectivity index (χ0n) is 11.4. The molecule has 1 N–H and O–H groups in total. The average Bonchev–Trinajstić information content (AvgIpc) is 2.13. The van der Waals surface area contributed by atoms with Crippen LogP contribution in [0.1, 0.15) is 31.8 Å². The minimum absolute atomic E-state index is 0. The quantitative estimate of drug-likeness (QED) is 0.432. The van der Waals surface area contributed by atoms with Crippen LogP contribution in [0.2, 0.25) is 0 Å². The van der Waals surface area contributed by atoms with Crippen LogP contribution in [0, 0.1) is 13.8 Å². The second-order valence-corrected chi connectivity index (χ2v) is 5.00. The maximum absolute atomic E-state index is 11.2. The molecule has 1 rings (SSSR count). The van der Waals surface area contributed by atoms with Crippen LogP contribution < -0.4 is 69.3 Å². The number of aromatic carboxylic acids is 2. The topological polar surface area (TPSA) is 135 Å². The van der Waals surface area contributed by atoms with Crippen molar-refractivity contribution in [3.05, 3.63) is 28.3 Å². The molecular weight excluding hydrogens is 310 g/mol. The van der Waals surface area contributed by atoms with Gasteiger partial charge < -0.3 is 19.8 Å². The number of aryl methyl sites for hydroxylation is 2. The molecule has 0 radical (unpaired) electrons. The SMILES string of the molecule is Cc1cc(C)c(C(=O)[O-])c(S(=O)(=O)O)c1C(=O)[O-].[Na+].[Na+]. The van der Waals surface area contributed by atoms with Crippen LogP contribution in [0.3, 0.4) is 0 Å². The Morgan fingerprint density at radius 2 is 1.30 bits per heavy atom. The number of carboxylic acid groups (broad SMARTS) is 2. The molecule has 1 aromatic rings. The van der Waals surface area contributed by atoms with E-state index in [2.05, 4.69) is 0 Å². The number of carboxylic acids is 2. The van der Waals surface area contributed by atoms with Gasteiger partial charge in [-0.2, -0.15) is 8.42 Å². The van der Waals surface area contributed by atoms with Gasteiger partial charge in [-0.3, -0.25) is 4.55 Å². The molecule has 0 aliphatic heterocycles. The van der Waals surface area contributed by atoms with E-state index >= 15 is 0 Å². The molecule has 1 aromatic carbocycles. The summed E-state index contributed by atoms with van der Waals surface area (Å²) in [7, 11) is -5.04. The predicted octanol–water partition coefficient (Wildman–Crippen LogP) is -7.71. The fraction of sp³-hybridized carbons (Fsp3) is 0.200. The van der Waals surface area contributed by atoms with Crippen molar-refractivity contribution in [2.24, 2.45) is 0 Å². The molecule has 0 bridgehead atoms. The van der Waals surface area contributed by atoms with Gasteiger partial charge in [0.25, 0.3) is 10.1 Å². The van der Waals surface area contributed by atoms with Gasteiger partial charge in [-0.25, -0.2) is 0 Å². The number of rotatable bonds is 3. The van der Waals surface area contributed by atoms with Gasteiger partial charge in [-0.15, -0.1) is 0 Å². The van der Waals surface area contributed by atoms with Crippen LogP contribution >= 0.6 is 0 Å². The van der Waals surface area contributed by atoms with E-state index < -0.39 is 38.1 Å². The zero-order chi connectivity index (χ0) is 14.2. The van der Waals surface area contributed by atoms with E-state index in [4.69, 9.17) is 4.55 Å². The molecule has 20 heavy (non-hydrogen) atoms. The Bertz CT molecular complexity index is 614. The molecule has 0 heterocycles. The summed E-state index contributed by atoms with van der Waals surface area (Å²) < 4.78 is 31.3. The van der Waals surface area contributed by atoms with Crippen LogP contribution in [-0.2, 0) is 10.1 Å². The van der Waals surface area contributed by atoms with E-state index in [-0.39, 0.29) is 70.2 Å². The molecule has 0 aliphatic carbocycles. The fourth-order valence-corrected chi connectivity index (χ4v) is 2.72. The Hall–Kier alpha value is 0.0700. The summed E-state index contributed by atoms with van der Waals surface area (Å²) in [5.74, 6) is -3.80. The Morgan fingerprint density at radius 3 is 1.50 bits per heavy atom. The van der Waals surface area contributed by atoms with Crippen LogP contribution in [0.15, 0.2) is 11.0 Å². The number of hydrogen-bond donors (Lipinski definition) is 1. The predicted molar refractivity (Wildman–Crippen MR) is 54.4 cm³/mol. The third-order valence-electron chi connectivity index (χ3n) is 2.34. The molecular formula is C10H8Na2O7S. The summed E-state index contributed by atoms with van der Waals surface area (Å²) in [6.07, 6.45) is 0. The standard InChI is InChI=1S/C10H10O7S.2Na/c1-4-3-5(2)7(10(13)14)8(18(15,16)17)6(4)9(11)12;;/h3H,1-2H3,(H,11,12)(H,13,14)(H,15,16,17);;/q;2*+1/p-2. The zero-order valence-corrected chi connectivity index (χ0v) is 16.2. The van der Waals surface area contributed by atoms with Gasteiger partial charge in [-0.05, 0) is 25.0 Å². The van der Waals surface area contributed by atoms with Crippen molar-refractivity contribution >= 4 is 22.1 Å². The summed E-state index contributed by atoms with van der Waals surface area (Å²) in [5, 5.41) is 21.8. The first-order chi connectivity index (χ1) is 8.07. The van der Waals surface area contributed by atoms with E-state index in [1.54, 1.807) is 0 Å². The van der Waals surface area contributed by atoms with Crippen molar-refractivity contribution in [3.8, 4) is 0 Å². The Labute approximate surface area is 159 Å². The van der Waals surface area contributed by atoms with Crippen molar-refractivity contribution < 1.29 is 91.9 Å². The maximum Gasteiger partial charge on any atom is 1.00 e. The first-order valence-corrected chi connectivity index (χ1v) is 6.05. The number of carbonyl (C=O) groups is 2. The Morgan fingerprint density at radius 1 is 1.00 bits per heavy atom. The van der Waals surface area contributed by atoms with E-state index in [9.17, 15) is 28.2 Å². The van der Waals surface area contributed by atoms with E-state index in [0.29, 0.717) is 0 Å². The molecule has 0 spiro atoms. The molecule has 0 fully saturated rings. The Balaban J connectivity index is 0. The van der Waals surface area contributed by atoms with E-state index in [1.165, 1.54) is 13.8 Å². The van der Waals surface area contributed by atoms with Gasteiger partial charge in [0.15, 0.2) is 0 Å². The van der Waals surface area contributed by atoms with E-state index in [1.807, 2.05) is 0 Å².